The molecule has 1 saturated carbocycles. The lowest BCUT2D eigenvalue weighted by Crippen LogP contribution is -2.60. The van der Waals surface area contributed by atoms with Crippen molar-refractivity contribution < 1.29 is 19.7 Å². The van der Waals surface area contributed by atoms with Gasteiger partial charge in [-0.2, -0.15) is 0 Å². The van der Waals surface area contributed by atoms with Gasteiger partial charge in [0.15, 0.2) is 0 Å². The summed E-state index contributed by atoms with van der Waals surface area (Å²) in [5, 5.41) is 17.9. The number of carboxylic acid groups (broad SMARTS) is 1. The third kappa shape index (κ3) is 1.57. The van der Waals surface area contributed by atoms with Gasteiger partial charge in [0, 0.05) is 0 Å². The topological polar surface area (TPSA) is 70.0 Å². The molecule has 14 heavy (non-hydrogen) atoms. The molecule has 2 aliphatic rings. The van der Waals surface area contributed by atoms with Crippen molar-refractivity contribution in [3.05, 3.63) is 0 Å². The second kappa shape index (κ2) is 3.40. The van der Waals surface area contributed by atoms with Crippen LogP contribution >= 0.6 is 0 Å². The summed E-state index contributed by atoms with van der Waals surface area (Å²) in [5.74, 6) is 0. The number of hydrogen-bond acceptors (Lipinski definition) is 3. The van der Waals surface area contributed by atoms with Crippen molar-refractivity contribution in [2.24, 2.45) is 0 Å². The third-order valence-corrected chi connectivity index (χ3v) is 3.06. The van der Waals surface area contributed by atoms with E-state index in [0.717, 1.165) is 19.3 Å². The van der Waals surface area contributed by atoms with Gasteiger partial charge in [-0.25, -0.2) is 4.79 Å². The molecule has 2 N–H and O–H groups in total. The van der Waals surface area contributed by atoms with Crippen LogP contribution in [0.5, 0.6) is 0 Å². The maximum absolute atomic E-state index is 10.8. The minimum Gasteiger partial charge on any atom is -0.465 e. The molecule has 5 nitrogen and oxygen atoms in total. The van der Waals surface area contributed by atoms with E-state index in [9.17, 15) is 4.79 Å². The quantitative estimate of drug-likeness (QED) is 0.639. The minimum atomic E-state index is -0.918. The second-order valence-electron chi connectivity index (χ2n) is 4.12. The molecule has 2 fully saturated rings. The summed E-state index contributed by atoms with van der Waals surface area (Å²) >= 11 is 0. The molecule has 1 heterocycles. The van der Waals surface area contributed by atoms with Gasteiger partial charge in [0.05, 0.1) is 31.4 Å². The number of carbonyl (C=O) groups is 1. The van der Waals surface area contributed by atoms with Crippen molar-refractivity contribution in [3.8, 4) is 0 Å². The first-order chi connectivity index (χ1) is 6.65. The molecule has 1 aliphatic carbocycles. The molecule has 0 aromatic heterocycles. The second-order valence-corrected chi connectivity index (χ2v) is 4.12. The fourth-order valence-electron chi connectivity index (χ4n) is 2.17. The summed E-state index contributed by atoms with van der Waals surface area (Å²) in [6, 6.07) is 0. The van der Waals surface area contributed by atoms with Crippen LogP contribution in [-0.2, 0) is 4.74 Å². The highest BCUT2D eigenvalue weighted by Crippen LogP contribution is 2.39. The Morgan fingerprint density at radius 1 is 1.57 bits per heavy atom. The smallest absolute Gasteiger partial charge is 0.407 e. The van der Waals surface area contributed by atoms with E-state index >= 15 is 0 Å². The number of nitrogens with zero attached hydrogens (tertiary/aromatic N) is 1. The molecule has 5 heteroatoms. The molecule has 0 unspecified atom stereocenters. The summed E-state index contributed by atoms with van der Waals surface area (Å²) in [4.78, 5) is 12.2. The molecule has 0 bridgehead atoms. The standard InChI is InChI=1S/C9H15NO4/c11-5-7-4-10(8(12)13)6-9(14-7)2-1-3-9/h7,11H,1-6H2,(H,12,13)/t7-/m0/s1. The van der Waals surface area contributed by atoms with E-state index < -0.39 is 6.09 Å². The van der Waals surface area contributed by atoms with Crippen LogP contribution in [0, 0.1) is 0 Å². The molecule has 0 radical (unpaired) electrons. The summed E-state index contributed by atoms with van der Waals surface area (Å²) in [6.07, 6.45) is 1.64. The number of rotatable bonds is 1. The van der Waals surface area contributed by atoms with Crippen molar-refractivity contribution in [2.45, 2.75) is 31.0 Å². The zero-order chi connectivity index (χ0) is 10.2. The average molecular weight is 201 g/mol. The van der Waals surface area contributed by atoms with Gasteiger partial charge in [-0.3, -0.25) is 0 Å². The van der Waals surface area contributed by atoms with Crippen molar-refractivity contribution in [1.82, 2.24) is 4.90 Å². The van der Waals surface area contributed by atoms with E-state index in [1.165, 1.54) is 4.90 Å². The lowest BCUT2D eigenvalue weighted by molar-refractivity contribution is -0.192. The Kier molecular flexibility index (Phi) is 2.36. The van der Waals surface area contributed by atoms with Crippen LogP contribution in [0.1, 0.15) is 19.3 Å². The molecular weight excluding hydrogens is 186 g/mol. The van der Waals surface area contributed by atoms with Crippen LogP contribution in [0.25, 0.3) is 0 Å². The first-order valence-corrected chi connectivity index (χ1v) is 4.92. The van der Waals surface area contributed by atoms with Crippen LogP contribution in [0.3, 0.4) is 0 Å². The van der Waals surface area contributed by atoms with Gasteiger partial charge in [0.25, 0.3) is 0 Å². The van der Waals surface area contributed by atoms with Crippen molar-refractivity contribution >= 4 is 6.09 Å². The van der Waals surface area contributed by atoms with E-state index in [2.05, 4.69) is 0 Å². The van der Waals surface area contributed by atoms with Crippen LogP contribution < -0.4 is 0 Å². The number of amides is 1. The maximum Gasteiger partial charge on any atom is 0.407 e. The number of hydrogen-bond donors (Lipinski definition) is 2. The van der Waals surface area contributed by atoms with E-state index in [4.69, 9.17) is 14.9 Å². The molecule has 0 aromatic rings. The highest BCUT2D eigenvalue weighted by molar-refractivity contribution is 5.65. The largest absolute Gasteiger partial charge is 0.465 e. The highest BCUT2D eigenvalue weighted by atomic mass is 16.5. The van der Waals surface area contributed by atoms with Crippen LogP contribution in [0.4, 0.5) is 4.79 Å². The summed E-state index contributed by atoms with van der Waals surface area (Å²) in [6.45, 7) is 0.637. The molecule has 1 saturated heterocycles. The van der Waals surface area contributed by atoms with Gasteiger partial charge in [0.2, 0.25) is 0 Å². The minimum absolute atomic E-state index is 0.106. The molecule has 2 rings (SSSR count). The van der Waals surface area contributed by atoms with Gasteiger partial charge >= 0.3 is 6.09 Å². The summed E-state index contributed by atoms with van der Waals surface area (Å²) in [7, 11) is 0. The van der Waals surface area contributed by atoms with Crippen molar-refractivity contribution in [1.29, 1.82) is 0 Å². The Morgan fingerprint density at radius 3 is 2.71 bits per heavy atom. The van der Waals surface area contributed by atoms with Crippen LogP contribution in [-0.4, -0.2) is 52.6 Å². The molecule has 1 atom stereocenters. The van der Waals surface area contributed by atoms with Crippen LogP contribution in [0.2, 0.25) is 0 Å². The monoisotopic (exact) mass is 201 g/mol. The van der Waals surface area contributed by atoms with Gasteiger partial charge < -0.3 is 19.8 Å². The number of aliphatic hydroxyl groups is 1. The molecule has 80 valence electrons. The fraction of sp³-hybridized carbons (Fsp3) is 0.889. The van der Waals surface area contributed by atoms with Crippen LogP contribution in [0.15, 0.2) is 0 Å². The van der Waals surface area contributed by atoms with Crippen molar-refractivity contribution in [2.75, 3.05) is 19.7 Å². The van der Waals surface area contributed by atoms with E-state index in [1.807, 2.05) is 0 Å². The molecule has 1 spiro atoms. The highest BCUT2D eigenvalue weighted by Gasteiger charge is 2.46. The van der Waals surface area contributed by atoms with E-state index in [1.54, 1.807) is 0 Å². The maximum atomic E-state index is 10.8. The number of ether oxygens (including phenoxy) is 1. The zero-order valence-corrected chi connectivity index (χ0v) is 7.98. The fourth-order valence-corrected chi connectivity index (χ4v) is 2.17. The lowest BCUT2D eigenvalue weighted by Gasteiger charge is -2.50. The number of morpholine rings is 1. The predicted molar refractivity (Wildman–Crippen MR) is 48.1 cm³/mol. The lowest BCUT2D eigenvalue weighted by atomic mass is 9.78. The SMILES string of the molecule is O=C(O)N1C[C@@H](CO)OC2(CCC2)C1. The summed E-state index contributed by atoms with van der Waals surface area (Å²) < 4.78 is 5.68. The third-order valence-electron chi connectivity index (χ3n) is 3.06. The van der Waals surface area contributed by atoms with Crippen molar-refractivity contribution in [3.63, 3.8) is 0 Å². The zero-order valence-electron chi connectivity index (χ0n) is 7.98. The first-order valence-electron chi connectivity index (χ1n) is 4.92. The Labute approximate surface area is 82.3 Å². The van der Waals surface area contributed by atoms with Gasteiger partial charge in [0.1, 0.15) is 0 Å². The van der Waals surface area contributed by atoms with E-state index in [0.29, 0.717) is 6.54 Å². The van der Waals surface area contributed by atoms with Gasteiger partial charge in [-0.05, 0) is 19.3 Å². The van der Waals surface area contributed by atoms with Gasteiger partial charge in [-0.15, -0.1) is 0 Å². The summed E-state index contributed by atoms with van der Waals surface area (Å²) in [5.41, 5.74) is -0.288. The molecule has 1 amide bonds. The van der Waals surface area contributed by atoms with Gasteiger partial charge in [-0.1, -0.05) is 0 Å². The Bertz CT molecular complexity index is 239. The van der Waals surface area contributed by atoms with E-state index in [-0.39, 0.29) is 24.9 Å². The molecule has 1 aliphatic heterocycles. The Balaban J connectivity index is 2.05. The predicted octanol–water partition coefficient (Wildman–Crippen LogP) is 0.280. The Morgan fingerprint density at radius 2 is 2.29 bits per heavy atom. The molecule has 0 aromatic carbocycles. The molecular formula is C9H15NO4. The average Bonchev–Trinajstić information content (AvgIpc) is 2.14. The normalized spacial score (nSPS) is 30.1. The first kappa shape index (κ1) is 9.73. The Hall–Kier alpha value is -0.810. The number of aliphatic hydroxyl groups excluding tert-OH is 1.